The summed E-state index contributed by atoms with van der Waals surface area (Å²) in [6, 6.07) is 0. The van der Waals surface area contributed by atoms with Gasteiger partial charge in [0, 0.05) is 0 Å². The van der Waals surface area contributed by atoms with Crippen molar-refractivity contribution in [3.05, 3.63) is 36.5 Å². The van der Waals surface area contributed by atoms with Crippen LogP contribution in [-0.4, -0.2) is 0 Å². The minimum absolute atomic E-state index is 1.13. The van der Waals surface area contributed by atoms with Crippen molar-refractivity contribution >= 4 is 0 Å². The summed E-state index contributed by atoms with van der Waals surface area (Å²) < 4.78 is 0. The Hall–Kier alpha value is -0.780. The molecule has 0 saturated carbocycles. The second kappa shape index (κ2) is 11.2. The number of rotatable bonds is 7. The van der Waals surface area contributed by atoms with E-state index in [0.717, 1.165) is 12.8 Å². The summed E-state index contributed by atoms with van der Waals surface area (Å²) in [6.45, 7) is 4.36. The van der Waals surface area contributed by atoms with E-state index in [1.807, 2.05) is 0 Å². The van der Waals surface area contributed by atoms with Gasteiger partial charge < -0.3 is 0 Å². The minimum atomic E-state index is 1.13. The van der Waals surface area contributed by atoms with Crippen molar-refractivity contribution in [2.45, 2.75) is 46.0 Å². The zero-order valence-corrected chi connectivity index (χ0v) is 9.00. The van der Waals surface area contributed by atoms with E-state index in [9.17, 15) is 0 Å². The van der Waals surface area contributed by atoms with Crippen molar-refractivity contribution in [2.24, 2.45) is 0 Å². The molecule has 0 nitrogen and oxygen atoms in total. The molecular formula is C13H22. The molecule has 0 atom stereocenters. The van der Waals surface area contributed by atoms with E-state index < -0.39 is 0 Å². The molecule has 13 heavy (non-hydrogen) atoms. The Kier molecular flexibility index (Phi) is 10.5. The van der Waals surface area contributed by atoms with Gasteiger partial charge in [0.15, 0.2) is 0 Å². The first kappa shape index (κ1) is 12.2. The van der Waals surface area contributed by atoms with E-state index in [2.05, 4.69) is 50.3 Å². The molecule has 74 valence electrons. The first-order valence-electron chi connectivity index (χ1n) is 5.38. The highest BCUT2D eigenvalue weighted by molar-refractivity contribution is 5.02. The molecule has 0 spiro atoms. The lowest BCUT2D eigenvalue weighted by atomic mass is 10.2. The molecule has 0 aliphatic rings. The standard InChI is InChI=1S/C13H22/c1-3-5-7-9-11-13-12-10-8-6-4-2/h5,7-11H,3-4,6,12-13H2,1-2H3/b7-5+,10-8+,11-9+. The summed E-state index contributed by atoms with van der Waals surface area (Å²) in [5.74, 6) is 0. The largest absolute Gasteiger partial charge is 0.0885 e. The zero-order chi connectivity index (χ0) is 9.78. The molecule has 0 aromatic carbocycles. The molecule has 0 unspecified atom stereocenters. The average Bonchev–Trinajstić information content (AvgIpc) is 2.16. The maximum atomic E-state index is 2.28. The van der Waals surface area contributed by atoms with E-state index in [-0.39, 0.29) is 0 Å². The Bertz CT molecular complexity index is 161. The molecular weight excluding hydrogens is 156 g/mol. The van der Waals surface area contributed by atoms with Gasteiger partial charge in [-0.3, -0.25) is 0 Å². The molecule has 0 heteroatoms. The average molecular weight is 178 g/mol. The lowest BCUT2D eigenvalue weighted by Crippen LogP contribution is -1.65. The molecule has 0 aliphatic heterocycles. The number of unbranched alkanes of at least 4 members (excludes halogenated alkanes) is 2. The van der Waals surface area contributed by atoms with Crippen LogP contribution in [0.5, 0.6) is 0 Å². The topological polar surface area (TPSA) is 0 Å². The maximum absolute atomic E-state index is 2.28. The number of hydrogen-bond acceptors (Lipinski definition) is 0. The van der Waals surface area contributed by atoms with Crippen molar-refractivity contribution in [2.75, 3.05) is 0 Å². The Morgan fingerprint density at radius 2 is 1.31 bits per heavy atom. The minimum Gasteiger partial charge on any atom is -0.0885 e. The van der Waals surface area contributed by atoms with Crippen LogP contribution < -0.4 is 0 Å². The summed E-state index contributed by atoms with van der Waals surface area (Å²) in [4.78, 5) is 0. The van der Waals surface area contributed by atoms with E-state index in [0.29, 0.717) is 0 Å². The highest BCUT2D eigenvalue weighted by atomic mass is 13.8. The zero-order valence-electron chi connectivity index (χ0n) is 9.00. The summed E-state index contributed by atoms with van der Waals surface area (Å²) >= 11 is 0. The molecule has 0 aromatic heterocycles. The van der Waals surface area contributed by atoms with Crippen molar-refractivity contribution in [3.63, 3.8) is 0 Å². The van der Waals surface area contributed by atoms with Crippen LogP contribution in [-0.2, 0) is 0 Å². The summed E-state index contributed by atoms with van der Waals surface area (Å²) in [5, 5.41) is 0. The van der Waals surface area contributed by atoms with Gasteiger partial charge in [-0.2, -0.15) is 0 Å². The van der Waals surface area contributed by atoms with Gasteiger partial charge in [-0.05, 0) is 25.7 Å². The van der Waals surface area contributed by atoms with Gasteiger partial charge in [-0.15, -0.1) is 0 Å². The number of allylic oxidation sites excluding steroid dienone is 6. The second-order valence-electron chi connectivity index (χ2n) is 3.10. The third kappa shape index (κ3) is 11.2. The lowest BCUT2D eigenvalue weighted by molar-refractivity contribution is 0.943. The van der Waals surface area contributed by atoms with E-state index in [1.165, 1.54) is 19.3 Å². The highest BCUT2D eigenvalue weighted by Crippen LogP contribution is 1.96. The van der Waals surface area contributed by atoms with Crippen LogP contribution in [0.3, 0.4) is 0 Å². The Morgan fingerprint density at radius 1 is 0.692 bits per heavy atom. The fraction of sp³-hybridized carbons (Fsp3) is 0.538. The van der Waals surface area contributed by atoms with E-state index in [1.54, 1.807) is 0 Å². The lowest BCUT2D eigenvalue weighted by Gasteiger charge is -1.86. The molecule has 0 fully saturated rings. The van der Waals surface area contributed by atoms with Crippen molar-refractivity contribution < 1.29 is 0 Å². The first-order chi connectivity index (χ1) is 6.41. The molecule has 0 aromatic rings. The van der Waals surface area contributed by atoms with Gasteiger partial charge in [0.05, 0.1) is 0 Å². The summed E-state index contributed by atoms with van der Waals surface area (Å²) in [5.41, 5.74) is 0. The maximum Gasteiger partial charge on any atom is -0.0313 e. The molecule has 0 N–H and O–H groups in total. The van der Waals surface area contributed by atoms with Gasteiger partial charge >= 0.3 is 0 Å². The Labute approximate surface area is 83.0 Å². The van der Waals surface area contributed by atoms with Crippen LogP contribution in [0.4, 0.5) is 0 Å². The SMILES string of the molecule is CC/C=C/C=C/CC/C=C/CCC. The molecule has 0 heterocycles. The predicted molar refractivity (Wildman–Crippen MR) is 61.9 cm³/mol. The third-order valence-electron chi connectivity index (χ3n) is 1.74. The Balaban J connectivity index is 3.24. The summed E-state index contributed by atoms with van der Waals surface area (Å²) in [6.07, 6.45) is 19.1. The molecule has 0 saturated heterocycles. The molecule has 0 aliphatic carbocycles. The molecule has 0 rings (SSSR count). The second-order valence-corrected chi connectivity index (χ2v) is 3.10. The molecule has 0 amide bonds. The van der Waals surface area contributed by atoms with Crippen LogP contribution >= 0.6 is 0 Å². The van der Waals surface area contributed by atoms with Crippen LogP contribution in [0.25, 0.3) is 0 Å². The van der Waals surface area contributed by atoms with Gasteiger partial charge in [-0.25, -0.2) is 0 Å². The van der Waals surface area contributed by atoms with Crippen molar-refractivity contribution in [1.82, 2.24) is 0 Å². The fourth-order valence-corrected chi connectivity index (χ4v) is 0.984. The third-order valence-corrected chi connectivity index (χ3v) is 1.74. The van der Waals surface area contributed by atoms with Crippen LogP contribution in [0, 0.1) is 0 Å². The first-order valence-corrected chi connectivity index (χ1v) is 5.38. The van der Waals surface area contributed by atoms with E-state index in [4.69, 9.17) is 0 Å². The Morgan fingerprint density at radius 3 is 2.00 bits per heavy atom. The fourth-order valence-electron chi connectivity index (χ4n) is 0.984. The molecule has 0 bridgehead atoms. The molecule has 0 radical (unpaired) electrons. The van der Waals surface area contributed by atoms with Crippen LogP contribution in [0.1, 0.15) is 46.0 Å². The van der Waals surface area contributed by atoms with Crippen molar-refractivity contribution in [3.8, 4) is 0 Å². The monoisotopic (exact) mass is 178 g/mol. The van der Waals surface area contributed by atoms with Gasteiger partial charge in [0.25, 0.3) is 0 Å². The summed E-state index contributed by atoms with van der Waals surface area (Å²) in [7, 11) is 0. The predicted octanol–water partition coefficient (Wildman–Crippen LogP) is 4.65. The van der Waals surface area contributed by atoms with Gasteiger partial charge in [-0.1, -0.05) is 56.7 Å². The van der Waals surface area contributed by atoms with Crippen LogP contribution in [0.2, 0.25) is 0 Å². The van der Waals surface area contributed by atoms with Crippen molar-refractivity contribution in [1.29, 1.82) is 0 Å². The number of hydrogen-bond donors (Lipinski definition) is 0. The normalized spacial score (nSPS) is 12.5. The van der Waals surface area contributed by atoms with Crippen LogP contribution in [0.15, 0.2) is 36.5 Å². The van der Waals surface area contributed by atoms with Gasteiger partial charge in [0.2, 0.25) is 0 Å². The van der Waals surface area contributed by atoms with E-state index >= 15 is 0 Å². The quantitative estimate of drug-likeness (QED) is 0.302. The highest BCUT2D eigenvalue weighted by Gasteiger charge is 1.75. The smallest absolute Gasteiger partial charge is 0.0313 e. The van der Waals surface area contributed by atoms with Gasteiger partial charge in [0.1, 0.15) is 0 Å².